The molecule has 0 aromatic heterocycles. The minimum atomic E-state index is -0.780. The fourth-order valence-electron chi connectivity index (χ4n) is 2.01. The Balaban J connectivity index is 2.78. The molecule has 1 aromatic carbocycles. The maximum absolute atomic E-state index is 12.2. The van der Waals surface area contributed by atoms with Crippen LogP contribution >= 0.6 is 0 Å². The summed E-state index contributed by atoms with van der Waals surface area (Å²) < 4.78 is 5.30. The number of benzene rings is 1. The molecule has 0 fully saturated rings. The summed E-state index contributed by atoms with van der Waals surface area (Å²) >= 11 is 0. The maximum atomic E-state index is 12.2. The highest BCUT2D eigenvalue weighted by Gasteiger charge is 2.30. The van der Waals surface area contributed by atoms with Crippen LogP contribution in [0.5, 0.6) is 0 Å². The number of nitrogens with zero attached hydrogens (tertiary/aromatic N) is 1. The highest BCUT2D eigenvalue weighted by molar-refractivity contribution is 5.97. The first-order valence-electron chi connectivity index (χ1n) is 7.22. The lowest BCUT2D eigenvalue weighted by molar-refractivity contribution is -0.136. The topological polar surface area (TPSA) is 41.6 Å². The monoisotopic (exact) mass is 278 g/mol. The fraction of sp³-hybridized carbons (Fsp3) is 0.562. The average Bonchev–Trinajstić information content (AvgIpc) is 2.49. The highest BCUT2D eigenvalue weighted by atomic mass is 16.5. The molecule has 1 rings (SSSR count). The number of rotatable bonds is 7. The van der Waals surface area contributed by atoms with E-state index >= 15 is 0 Å². The second-order valence-electron chi connectivity index (χ2n) is 4.96. The molecule has 4 heteroatoms. The largest absolute Gasteiger partial charge is 0.372 e. The van der Waals surface area contributed by atoms with Crippen molar-refractivity contribution in [3.8, 4) is 0 Å². The number of carbonyl (C=O) groups is 1. The maximum Gasteiger partial charge on any atom is 0.256 e. The van der Waals surface area contributed by atoms with Crippen LogP contribution in [0.15, 0.2) is 24.3 Å². The Bertz CT molecular complexity index is 421. The molecule has 1 atom stereocenters. The van der Waals surface area contributed by atoms with Crippen molar-refractivity contribution >= 4 is 17.3 Å². The number of methoxy groups -OCH3 is 1. The third kappa shape index (κ3) is 3.73. The first-order valence-corrected chi connectivity index (χ1v) is 7.22. The second kappa shape index (κ2) is 7.29. The third-order valence-electron chi connectivity index (χ3n) is 3.86. The summed E-state index contributed by atoms with van der Waals surface area (Å²) in [6.45, 7) is 9.94. The lowest BCUT2D eigenvalue weighted by atomic mass is 10.0. The number of ether oxygens (including phenoxy) is 1. The molecule has 0 radical (unpaired) electrons. The predicted molar refractivity (Wildman–Crippen MR) is 84.3 cm³/mol. The molecule has 0 spiro atoms. The third-order valence-corrected chi connectivity index (χ3v) is 3.86. The van der Waals surface area contributed by atoms with Crippen molar-refractivity contribution in [3.05, 3.63) is 24.3 Å². The molecule has 4 nitrogen and oxygen atoms in total. The summed E-state index contributed by atoms with van der Waals surface area (Å²) in [5.41, 5.74) is 1.18. The van der Waals surface area contributed by atoms with Crippen LogP contribution in [-0.4, -0.2) is 31.7 Å². The molecule has 0 bridgehead atoms. The number of anilines is 2. The van der Waals surface area contributed by atoms with Crippen LogP contribution in [0.3, 0.4) is 0 Å². The number of hydrogen-bond donors (Lipinski definition) is 1. The standard InChI is InChI=1S/C16H26N2O2/c1-6-16(4,20-5)15(19)17-13-9-11-14(12-10-13)18(7-2)8-3/h9-12H,6-8H2,1-5H3,(H,17,19). The zero-order valence-corrected chi connectivity index (χ0v) is 13.2. The van der Waals surface area contributed by atoms with E-state index in [9.17, 15) is 4.79 Å². The molecule has 0 saturated heterocycles. The van der Waals surface area contributed by atoms with Gasteiger partial charge in [-0.25, -0.2) is 0 Å². The summed E-state index contributed by atoms with van der Waals surface area (Å²) in [6.07, 6.45) is 0.632. The molecule has 1 amide bonds. The van der Waals surface area contributed by atoms with E-state index in [0.717, 1.165) is 24.5 Å². The van der Waals surface area contributed by atoms with Crippen LogP contribution in [0, 0.1) is 0 Å². The van der Waals surface area contributed by atoms with Gasteiger partial charge in [-0.2, -0.15) is 0 Å². The normalized spacial score (nSPS) is 13.7. The predicted octanol–water partition coefficient (Wildman–Crippen LogP) is 3.29. The van der Waals surface area contributed by atoms with Crippen LogP contribution in [0.4, 0.5) is 11.4 Å². The van der Waals surface area contributed by atoms with Crippen LogP contribution in [-0.2, 0) is 9.53 Å². The van der Waals surface area contributed by atoms with E-state index < -0.39 is 5.60 Å². The molecule has 1 N–H and O–H groups in total. The highest BCUT2D eigenvalue weighted by Crippen LogP contribution is 2.20. The van der Waals surface area contributed by atoms with Gasteiger partial charge in [0.25, 0.3) is 5.91 Å². The molecule has 0 aliphatic carbocycles. The number of carbonyl (C=O) groups excluding carboxylic acids is 1. The molecule has 112 valence electrons. The van der Waals surface area contributed by atoms with Gasteiger partial charge in [0.15, 0.2) is 0 Å². The van der Waals surface area contributed by atoms with E-state index in [4.69, 9.17) is 4.74 Å². The van der Waals surface area contributed by atoms with E-state index in [1.807, 2.05) is 31.2 Å². The van der Waals surface area contributed by atoms with E-state index in [2.05, 4.69) is 24.1 Å². The second-order valence-corrected chi connectivity index (χ2v) is 4.96. The van der Waals surface area contributed by atoms with Crippen molar-refractivity contribution in [2.24, 2.45) is 0 Å². The molecule has 0 heterocycles. The molecular formula is C16H26N2O2. The SMILES string of the molecule is CCN(CC)c1ccc(NC(=O)C(C)(CC)OC)cc1. The van der Waals surface area contributed by atoms with Gasteiger partial charge in [-0.15, -0.1) is 0 Å². The van der Waals surface area contributed by atoms with Gasteiger partial charge in [-0.1, -0.05) is 6.92 Å². The smallest absolute Gasteiger partial charge is 0.256 e. The fourth-order valence-corrected chi connectivity index (χ4v) is 2.01. The molecule has 0 aliphatic rings. The summed E-state index contributed by atoms with van der Waals surface area (Å²) in [6, 6.07) is 7.91. The first kappa shape index (κ1) is 16.5. The summed E-state index contributed by atoms with van der Waals surface area (Å²) in [5, 5.41) is 2.90. The van der Waals surface area contributed by atoms with Gasteiger partial charge in [-0.05, 0) is 51.5 Å². The molecule has 20 heavy (non-hydrogen) atoms. The number of nitrogens with one attached hydrogen (secondary N) is 1. The van der Waals surface area contributed by atoms with Gasteiger partial charge in [0, 0.05) is 31.6 Å². The lowest BCUT2D eigenvalue weighted by Crippen LogP contribution is -2.41. The summed E-state index contributed by atoms with van der Waals surface area (Å²) in [7, 11) is 1.56. The van der Waals surface area contributed by atoms with E-state index in [1.165, 1.54) is 0 Å². The van der Waals surface area contributed by atoms with Crippen LogP contribution in [0.2, 0.25) is 0 Å². The zero-order valence-electron chi connectivity index (χ0n) is 13.2. The average molecular weight is 278 g/mol. The van der Waals surface area contributed by atoms with Gasteiger partial charge in [0.2, 0.25) is 0 Å². The van der Waals surface area contributed by atoms with Crippen molar-refractivity contribution < 1.29 is 9.53 Å². The van der Waals surface area contributed by atoms with Crippen molar-refractivity contribution in [2.45, 2.75) is 39.7 Å². The first-order chi connectivity index (χ1) is 9.50. The quantitative estimate of drug-likeness (QED) is 0.832. The Morgan fingerprint density at radius 3 is 2.15 bits per heavy atom. The van der Waals surface area contributed by atoms with E-state index in [1.54, 1.807) is 14.0 Å². The Morgan fingerprint density at radius 1 is 1.20 bits per heavy atom. The van der Waals surface area contributed by atoms with Gasteiger partial charge in [-0.3, -0.25) is 4.79 Å². The lowest BCUT2D eigenvalue weighted by Gasteiger charge is -2.25. The Kier molecular flexibility index (Phi) is 6.02. The molecule has 1 unspecified atom stereocenters. The molecular weight excluding hydrogens is 252 g/mol. The van der Waals surface area contributed by atoms with E-state index in [0.29, 0.717) is 6.42 Å². The number of hydrogen-bond acceptors (Lipinski definition) is 3. The van der Waals surface area contributed by atoms with Crippen molar-refractivity contribution in [1.82, 2.24) is 0 Å². The minimum Gasteiger partial charge on any atom is -0.372 e. The molecule has 1 aromatic rings. The number of amides is 1. The molecule has 0 aliphatic heterocycles. The van der Waals surface area contributed by atoms with E-state index in [-0.39, 0.29) is 5.91 Å². The van der Waals surface area contributed by atoms with Crippen LogP contribution < -0.4 is 10.2 Å². The van der Waals surface area contributed by atoms with Gasteiger partial charge < -0.3 is 15.0 Å². The van der Waals surface area contributed by atoms with Gasteiger partial charge in [0.05, 0.1) is 0 Å². The Hall–Kier alpha value is -1.55. The zero-order chi connectivity index (χ0) is 15.2. The van der Waals surface area contributed by atoms with Crippen molar-refractivity contribution in [3.63, 3.8) is 0 Å². The summed E-state index contributed by atoms with van der Waals surface area (Å²) in [5.74, 6) is -0.113. The van der Waals surface area contributed by atoms with Gasteiger partial charge in [0.1, 0.15) is 5.60 Å². The van der Waals surface area contributed by atoms with Gasteiger partial charge >= 0.3 is 0 Å². The Morgan fingerprint density at radius 2 is 1.75 bits per heavy atom. The van der Waals surface area contributed by atoms with Crippen molar-refractivity contribution in [2.75, 3.05) is 30.4 Å². The molecule has 0 saturated carbocycles. The van der Waals surface area contributed by atoms with Crippen LogP contribution in [0.25, 0.3) is 0 Å². The van der Waals surface area contributed by atoms with Crippen molar-refractivity contribution in [1.29, 1.82) is 0 Å². The summed E-state index contributed by atoms with van der Waals surface area (Å²) in [4.78, 5) is 14.4. The van der Waals surface area contributed by atoms with Crippen LogP contribution in [0.1, 0.15) is 34.1 Å². The Labute approximate surface area is 122 Å². The minimum absolute atomic E-state index is 0.113.